The highest BCUT2D eigenvalue weighted by Crippen LogP contribution is 2.60. The molecular formula is C20H22N2O2. The highest BCUT2D eigenvalue weighted by Gasteiger charge is 2.58. The van der Waals surface area contributed by atoms with Gasteiger partial charge in [0.25, 0.3) is 0 Å². The largest absolute Gasteiger partial charge is 0.477 e. The number of benzene rings is 2. The van der Waals surface area contributed by atoms with Crippen LogP contribution in [0, 0.1) is 0 Å². The van der Waals surface area contributed by atoms with E-state index in [2.05, 4.69) is 40.7 Å². The Kier molecular flexibility index (Phi) is 3.79. The maximum absolute atomic E-state index is 6.39. The van der Waals surface area contributed by atoms with Crippen molar-refractivity contribution in [1.29, 1.82) is 0 Å². The molecule has 1 heterocycles. The summed E-state index contributed by atoms with van der Waals surface area (Å²) in [6.07, 6.45) is 0.894. The molecule has 1 atom stereocenters. The first kappa shape index (κ1) is 15.2. The third-order valence-electron chi connectivity index (χ3n) is 4.59. The lowest BCUT2D eigenvalue weighted by atomic mass is 10.0. The summed E-state index contributed by atoms with van der Waals surface area (Å²) in [7, 11) is 4.08. The Labute approximate surface area is 142 Å². The molecule has 1 fully saturated rings. The van der Waals surface area contributed by atoms with E-state index < -0.39 is 0 Å². The van der Waals surface area contributed by atoms with Crippen LogP contribution in [0.15, 0.2) is 60.2 Å². The fourth-order valence-corrected chi connectivity index (χ4v) is 3.22. The maximum atomic E-state index is 6.39. The molecule has 0 saturated heterocycles. The molecule has 4 rings (SSSR count). The minimum absolute atomic E-state index is 0.331. The zero-order valence-corrected chi connectivity index (χ0v) is 14.1. The molecule has 0 amide bonds. The zero-order chi connectivity index (χ0) is 16.6. The third-order valence-corrected chi connectivity index (χ3v) is 4.59. The maximum Gasteiger partial charge on any atom is 0.162 e. The van der Waals surface area contributed by atoms with Gasteiger partial charge in [0.1, 0.15) is 5.75 Å². The van der Waals surface area contributed by atoms with Crippen molar-refractivity contribution in [2.45, 2.75) is 12.0 Å². The minimum atomic E-state index is -0.331. The molecule has 1 N–H and O–H groups in total. The lowest BCUT2D eigenvalue weighted by Gasteiger charge is -2.26. The summed E-state index contributed by atoms with van der Waals surface area (Å²) in [6, 6.07) is 18.6. The molecule has 2 aromatic rings. The van der Waals surface area contributed by atoms with E-state index in [0.717, 1.165) is 30.0 Å². The first-order valence-electron chi connectivity index (χ1n) is 8.31. The predicted octanol–water partition coefficient (Wildman–Crippen LogP) is 3.17. The quantitative estimate of drug-likeness (QED) is 0.654. The van der Waals surface area contributed by atoms with Crippen LogP contribution in [0.2, 0.25) is 0 Å². The second kappa shape index (κ2) is 5.96. The summed E-state index contributed by atoms with van der Waals surface area (Å²) in [6.45, 7) is 1.50. The Hall–Kier alpha value is -2.30. The number of para-hydroxylation sites is 1. The highest BCUT2D eigenvalue weighted by atomic mass is 16.6. The summed E-state index contributed by atoms with van der Waals surface area (Å²) in [5.74, 6) is 0.904. The topological polar surface area (TPSA) is 33.7 Å². The monoisotopic (exact) mass is 322 g/mol. The Balaban J connectivity index is 1.64. The van der Waals surface area contributed by atoms with Crippen molar-refractivity contribution in [2.75, 3.05) is 27.2 Å². The van der Waals surface area contributed by atoms with Gasteiger partial charge in [0, 0.05) is 29.7 Å². The summed E-state index contributed by atoms with van der Waals surface area (Å²) in [5, 5.41) is 0. The molecule has 4 heteroatoms. The second-order valence-electron chi connectivity index (χ2n) is 6.58. The summed E-state index contributed by atoms with van der Waals surface area (Å²) in [5.41, 5.74) is 7.45. The second-order valence-corrected chi connectivity index (χ2v) is 6.58. The van der Waals surface area contributed by atoms with Gasteiger partial charge in [-0.1, -0.05) is 42.5 Å². The number of nitrogens with zero attached hydrogens (tertiary/aromatic N) is 1. The van der Waals surface area contributed by atoms with Crippen LogP contribution < -0.4 is 10.2 Å². The molecule has 2 aromatic carbocycles. The Morgan fingerprint density at radius 3 is 2.62 bits per heavy atom. The van der Waals surface area contributed by atoms with Crippen molar-refractivity contribution < 1.29 is 9.57 Å². The summed E-state index contributed by atoms with van der Waals surface area (Å²) >= 11 is 0. The summed E-state index contributed by atoms with van der Waals surface area (Å²) < 4.78 is 6.39. The van der Waals surface area contributed by atoms with Crippen molar-refractivity contribution in [2.24, 2.45) is 0 Å². The molecular weight excluding hydrogens is 300 g/mol. The van der Waals surface area contributed by atoms with E-state index in [1.807, 2.05) is 38.4 Å². The molecule has 0 bridgehead atoms. The Morgan fingerprint density at radius 2 is 1.83 bits per heavy atom. The van der Waals surface area contributed by atoms with Crippen molar-refractivity contribution in [3.63, 3.8) is 0 Å². The third kappa shape index (κ3) is 2.58. The SMILES string of the molecule is CN(C)CCONC1=C2CC2(c2ccccc2)Oc2ccccc21. The van der Waals surface area contributed by atoms with Crippen molar-refractivity contribution in [1.82, 2.24) is 10.4 Å². The number of hydrogen-bond acceptors (Lipinski definition) is 4. The van der Waals surface area contributed by atoms with Crippen LogP contribution in [-0.4, -0.2) is 32.1 Å². The van der Waals surface area contributed by atoms with Gasteiger partial charge < -0.3 is 9.64 Å². The number of rotatable bonds is 6. The van der Waals surface area contributed by atoms with Gasteiger partial charge in [-0.3, -0.25) is 10.3 Å². The number of nitrogens with one attached hydrogen (secondary N) is 1. The van der Waals surface area contributed by atoms with Gasteiger partial charge in [0.2, 0.25) is 0 Å². The average Bonchev–Trinajstić information content (AvgIpc) is 3.34. The van der Waals surface area contributed by atoms with E-state index in [0.29, 0.717) is 6.61 Å². The van der Waals surface area contributed by atoms with Gasteiger partial charge in [-0.2, -0.15) is 0 Å². The molecule has 0 radical (unpaired) electrons. The van der Waals surface area contributed by atoms with E-state index in [-0.39, 0.29) is 5.60 Å². The van der Waals surface area contributed by atoms with Crippen molar-refractivity contribution in [3.05, 3.63) is 71.3 Å². The number of fused-ring (bicyclic) bond motifs is 2. The lowest BCUT2D eigenvalue weighted by Crippen LogP contribution is -2.26. The number of likely N-dealkylation sites (N-methyl/N-ethyl adjacent to an activating group) is 1. The molecule has 1 saturated carbocycles. The van der Waals surface area contributed by atoms with Crippen LogP contribution in [0.1, 0.15) is 17.5 Å². The highest BCUT2D eigenvalue weighted by molar-refractivity contribution is 5.80. The molecule has 0 spiro atoms. The van der Waals surface area contributed by atoms with Crippen LogP contribution >= 0.6 is 0 Å². The van der Waals surface area contributed by atoms with E-state index in [4.69, 9.17) is 9.57 Å². The number of hydroxylamine groups is 1. The van der Waals surface area contributed by atoms with Crippen molar-refractivity contribution >= 4 is 5.70 Å². The van der Waals surface area contributed by atoms with Crippen LogP contribution in [0.4, 0.5) is 0 Å². The van der Waals surface area contributed by atoms with Crippen LogP contribution in [0.5, 0.6) is 5.75 Å². The minimum Gasteiger partial charge on any atom is -0.477 e. The fraction of sp³-hybridized carbons (Fsp3) is 0.300. The van der Waals surface area contributed by atoms with Gasteiger partial charge in [-0.25, -0.2) is 0 Å². The molecule has 24 heavy (non-hydrogen) atoms. The smallest absolute Gasteiger partial charge is 0.162 e. The van der Waals surface area contributed by atoms with Crippen LogP contribution in [0.3, 0.4) is 0 Å². The van der Waals surface area contributed by atoms with Gasteiger partial charge in [-0.05, 0) is 26.2 Å². The van der Waals surface area contributed by atoms with Gasteiger partial charge in [0.05, 0.1) is 12.3 Å². The van der Waals surface area contributed by atoms with Gasteiger partial charge >= 0.3 is 0 Å². The van der Waals surface area contributed by atoms with E-state index >= 15 is 0 Å². The molecule has 1 aliphatic carbocycles. The van der Waals surface area contributed by atoms with E-state index in [1.54, 1.807) is 0 Å². The predicted molar refractivity (Wildman–Crippen MR) is 94.4 cm³/mol. The summed E-state index contributed by atoms with van der Waals surface area (Å²) in [4.78, 5) is 7.81. The average molecular weight is 322 g/mol. The fourth-order valence-electron chi connectivity index (χ4n) is 3.22. The number of hydrogen-bond donors (Lipinski definition) is 1. The van der Waals surface area contributed by atoms with E-state index in [1.165, 1.54) is 11.1 Å². The Bertz CT molecular complexity index is 770. The molecule has 124 valence electrons. The normalized spacial score (nSPS) is 21.1. The molecule has 1 aliphatic heterocycles. The van der Waals surface area contributed by atoms with Crippen LogP contribution in [-0.2, 0) is 10.4 Å². The molecule has 1 unspecified atom stereocenters. The standard InChI is InChI=1S/C20H22N2O2/c1-22(2)12-13-23-21-19-16-10-6-7-11-18(16)24-20(14-17(19)20)15-8-4-3-5-9-15/h3-11,21H,12-14H2,1-2H3. The number of ether oxygens (including phenoxy) is 1. The first-order chi connectivity index (χ1) is 11.7. The van der Waals surface area contributed by atoms with Crippen molar-refractivity contribution in [3.8, 4) is 5.75 Å². The first-order valence-corrected chi connectivity index (χ1v) is 8.31. The zero-order valence-electron chi connectivity index (χ0n) is 14.1. The molecule has 0 aromatic heterocycles. The molecule has 2 aliphatic rings. The van der Waals surface area contributed by atoms with Crippen LogP contribution in [0.25, 0.3) is 5.70 Å². The van der Waals surface area contributed by atoms with E-state index in [9.17, 15) is 0 Å². The molecule has 4 nitrogen and oxygen atoms in total. The van der Waals surface area contributed by atoms with Gasteiger partial charge in [0.15, 0.2) is 5.60 Å². The van der Waals surface area contributed by atoms with Gasteiger partial charge in [-0.15, -0.1) is 0 Å². The lowest BCUT2D eigenvalue weighted by molar-refractivity contribution is 0.0651. The Morgan fingerprint density at radius 1 is 1.08 bits per heavy atom.